The minimum atomic E-state index is -3.31. The van der Waals surface area contributed by atoms with Crippen LogP contribution >= 0.6 is 7.60 Å². The van der Waals surface area contributed by atoms with Crippen LogP contribution in [0.25, 0.3) is 0 Å². The normalized spacial score (nSPS) is 14.8. The highest BCUT2D eigenvalue weighted by Crippen LogP contribution is 2.51. The van der Waals surface area contributed by atoms with Gasteiger partial charge in [0.1, 0.15) is 5.76 Å². The topological polar surface area (TPSA) is 68.9 Å². The Morgan fingerprint density at radius 3 is 2.57 bits per heavy atom. The van der Waals surface area contributed by atoms with Gasteiger partial charge in [-0.2, -0.15) is 0 Å². The molecule has 5 nitrogen and oxygen atoms in total. The predicted octanol–water partition coefficient (Wildman–Crippen LogP) is 3.79. The Morgan fingerprint density at radius 2 is 2.10 bits per heavy atom. The van der Waals surface area contributed by atoms with Crippen LogP contribution in [-0.2, 0) is 20.0 Å². The van der Waals surface area contributed by atoms with Crippen molar-refractivity contribution in [2.75, 3.05) is 19.4 Å². The van der Waals surface area contributed by atoms with Crippen LogP contribution in [-0.4, -0.2) is 30.1 Å². The Labute approximate surface area is 126 Å². The molecule has 21 heavy (non-hydrogen) atoms. The van der Waals surface area contributed by atoms with Gasteiger partial charge in [-0.1, -0.05) is 6.08 Å². The van der Waals surface area contributed by atoms with Crippen molar-refractivity contribution in [1.29, 1.82) is 0 Å². The molecule has 0 aliphatic heterocycles. The Bertz CT molecular complexity index is 447. The smallest absolute Gasteiger partial charge is 0.333 e. The van der Waals surface area contributed by atoms with Crippen molar-refractivity contribution in [2.45, 2.75) is 38.7 Å². The summed E-state index contributed by atoms with van der Waals surface area (Å²) in [4.78, 5) is 0. The minimum Gasteiger partial charge on any atom is -0.469 e. The first kappa shape index (κ1) is 18.2. The molecule has 0 amide bonds. The molecule has 0 spiro atoms. The molecule has 1 heterocycles. The van der Waals surface area contributed by atoms with E-state index in [1.807, 2.05) is 6.07 Å². The first-order valence-corrected chi connectivity index (χ1v) is 8.93. The van der Waals surface area contributed by atoms with Crippen LogP contribution in [0, 0.1) is 0 Å². The van der Waals surface area contributed by atoms with Crippen LogP contribution in [0.5, 0.6) is 0 Å². The van der Waals surface area contributed by atoms with Crippen molar-refractivity contribution >= 4 is 7.60 Å². The number of hydrogen-bond donors (Lipinski definition) is 1. The van der Waals surface area contributed by atoms with Crippen molar-refractivity contribution in [3.05, 3.63) is 36.8 Å². The van der Waals surface area contributed by atoms with E-state index in [0.29, 0.717) is 19.3 Å². The fourth-order valence-electron chi connectivity index (χ4n) is 2.21. The third-order valence-electron chi connectivity index (χ3n) is 3.08. The lowest BCUT2D eigenvalue weighted by molar-refractivity contribution is 0.0478. The Kier molecular flexibility index (Phi) is 7.40. The lowest BCUT2D eigenvalue weighted by atomic mass is 9.95. The summed E-state index contributed by atoms with van der Waals surface area (Å²) in [6, 6.07) is 3.65. The molecule has 6 heteroatoms. The SMILES string of the molecule is C=CCC(O)(CCc1ccco1)CP(=O)(OCC)OCC. The molecule has 1 N–H and O–H groups in total. The zero-order valence-corrected chi connectivity index (χ0v) is 13.7. The maximum Gasteiger partial charge on any atom is 0.333 e. The fraction of sp³-hybridized carbons (Fsp3) is 0.600. The van der Waals surface area contributed by atoms with Crippen molar-refractivity contribution in [3.8, 4) is 0 Å². The third-order valence-corrected chi connectivity index (χ3v) is 5.36. The minimum absolute atomic E-state index is 0.0472. The second kappa shape index (κ2) is 8.54. The van der Waals surface area contributed by atoms with E-state index < -0.39 is 13.2 Å². The van der Waals surface area contributed by atoms with Crippen LogP contribution in [0.15, 0.2) is 35.5 Å². The molecule has 0 saturated heterocycles. The van der Waals surface area contributed by atoms with E-state index in [9.17, 15) is 9.67 Å². The van der Waals surface area contributed by atoms with Crippen LogP contribution in [0.2, 0.25) is 0 Å². The van der Waals surface area contributed by atoms with Crippen LogP contribution in [0.3, 0.4) is 0 Å². The molecule has 0 saturated carbocycles. The first-order chi connectivity index (χ1) is 9.97. The summed E-state index contributed by atoms with van der Waals surface area (Å²) in [5.74, 6) is 0.778. The largest absolute Gasteiger partial charge is 0.469 e. The van der Waals surface area contributed by atoms with Crippen molar-refractivity contribution < 1.29 is 23.1 Å². The van der Waals surface area contributed by atoms with E-state index in [0.717, 1.165) is 5.76 Å². The second-order valence-electron chi connectivity index (χ2n) is 4.90. The molecule has 0 aliphatic carbocycles. The standard InChI is InChI=1S/C15H25O5P/c1-4-10-15(16,11-9-14-8-7-12-18-14)13-21(17,19-5-2)20-6-3/h4,7-8,12,16H,1,5-6,9-11,13H2,2-3H3. The van der Waals surface area contributed by atoms with Gasteiger partial charge in [0.25, 0.3) is 0 Å². The number of hydrogen-bond acceptors (Lipinski definition) is 5. The maximum atomic E-state index is 12.6. The molecular formula is C15H25O5P. The van der Waals surface area contributed by atoms with E-state index in [-0.39, 0.29) is 19.4 Å². The summed E-state index contributed by atoms with van der Waals surface area (Å²) in [7, 11) is -3.31. The first-order valence-electron chi connectivity index (χ1n) is 7.20. The monoisotopic (exact) mass is 316 g/mol. The van der Waals surface area contributed by atoms with Gasteiger partial charge in [-0.25, -0.2) is 0 Å². The molecule has 0 aromatic carbocycles. The Hall–Kier alpha value is -0.870. The van der Waals surface area contributed by atoms with Gasteiger partial charge < -0.3 is 18.6 Å². The number of furan rings is 1. The molecule has 1 aromatic heterocycles. The van der Waals surface area contributed by atoms with E-state index in [1.54, 1.807) is 32.3 Å². The van der Waals surface area contributed by atoms with Crippen molar-refractivity contribution in [3.63, 3.8) is 0 Å². The Balaban J connectivity index is 2.76. The summed E-state index contributed by atoms with van der Waals surface area (Å²) in [6.07, 6.45) is 4.43. The average molecular weight is 316 g/mol. The number of aliphatic hydroxyl groups is 1. The maximum absolute atomic E-state index is 12.6. The quantitative estimate of drug-likeness (QED) is 0.497. The number of aryl methyl sites for hydroxylation is 1. The summed E-state index contributed by atoms with van der Waals surface area (Å²) in [5.41, 5.74) is -1.19. The molecule has 0 bridgehead atoms. The highest BCUT2D eigenvalue weighted by molar-refractivity contribution is 7.53. The molecule has 0 aliphatic rings. The van der Waals surface area contributed by atoms with Gasteiger partial charge in [-0.15, -0.1) is 6.58 Å². The second-order valence-corrected chi connectivity index (χ2v) is 6.96. The molecular weight excluding hydrogens is 291 g/mol. The molecule has 0 fully saturated rings. The fourth-order valence-corrected chi connectivity index (χ4v) is 4.26. The molecule has 1 aromatic rings. The van der Waals surface area contributed by atoms with Gasteiger partial charge in [0, 0.05) is 6.42 Å². The molecule has 1 rings (SSSR count). The Morgan fingerprint density at radius 1 is 1.43 bits per heavy atom. The van der Waals surface area contributed by atoms with Gasteiger partial charge in [-0.05, 0) is 38.8 Å². The van der Waals surface area contributed by atoms with Gasteiger partial charge in [0.05, 0.1) is 31.2 Å². The highest BCUT2D eigenvalue weighted by atomic mass is 31.2. The summed E-state index contributed by atoms with van der Waals surface area (Å²) >= 11 is 0. The zero-order valence-electron chi connectivity index (χ0n) is 12.8. The lowest BCUT2D eigenvalue weighted by Gasteiger charge is -2.30. The van der Waals surface area contributed by atoms with E-state index in [1.165, 1.54) is 0 Å². The third kappa shape index (κ3) is 6.18. The van der Waals surface area contributed by atoms with Gasteiger partial charge in [0.15, 0.2) is 0 Å². The molecule has 120 valence electrons. The van der Waals surface area contributed by atoms with Crippen LogP contribution in [0.1, 0.15) is 32.4 Å². The lowest BCUT2D eigenvalue weighted by Crippen LogP contribution is -2.34. The predicted molar refractivity (Wildman–Crippen MR) is 82.5 cm³/mol. The summed E-state index contributed by atoms with van der Waals surface area (Å²) < 4.78 is 28.4. The van der Waals surface area contributed by atoms with Crippen LogP contribution < -0.4 is 0 Å². The molecule has 1 unspecified atom stereocenters. The van der Waals surface area contributed by atoms with Crippen LogP contribution in [0.4, 0.5) is 0 Å². The summed E-state index contributed by atoms with van der Waals surface area (Å²) in [6.45, 7) is 7.71. The summed E-state index contributed by atoms with van der Waals surface area (Å²) in [5, 5.41) is 10.8. The molecule has 1 atom stereocenters. The van der Waals surface area contributed by atoms with Gasteiger partial charge >= 0.3 is 7.60 Å². The van der Waals surface area contributed by atoms with E-state index >= 15 is 0 Å². The van der Waals surface area contributed by atoms with Crippen molar-refractivity contribution in [1.82, 2.24) is 0 Å². The molecule has 0 radical (unpaired) electrons. The average Bonchev–Trinajstić information content (AvgIpc) is 2.90. The highest BCUT2D eigenvalue weighted by Gasteiger charge is 2.37. The van der Waals surface area contributed by atoms with Crippen molar-refractivity contribution in [2.24, 2.45) is 0 Å². The van der Waals surface area contributed by atoms with E-state index in [2.05, 4.69) is 6.58 Å². The zero-order chi connectivity index (χ0) is 15.8. The van der Waals surface area contributed by atoms with Gasteiger partial charge in [-0.3, -0.25) is 4.57 Å². The van der Waals surface area contributed by atoms with E-state index in [4.69, 9.17) is 13.5 Å². The van der Waals surface area contributed by atoms with Gasteiger partial charge in [0.2, 0.25) is 0 Å². The number of rotatable bonds is 11.